The number of aromatic nitrogens is 5. The van der Waals surface area contributed by atoms with Crippen LogP contribution in [0, 0.1) is 4.77 Å². The molecule has 0 spiro atoms. The van der Waals surface area contributed by atoms with E-state index in [1.54, 1.807) is 27.3 Å². The van der Waals surface area contributed by atoms with Crippen molar-refractivity contribution in [1.29, 1.82) is 0 Å². The molecule has 144 valence electrons. The molecule has 0 amide bonds. The van der Waals surface area contributed by atoms with E-state index < -0.39 is 9.84 Å². The van der Waals surface area contributed by atoms with Crippen LogP contribution in [0.25, 0.3) is 32.8 Å². The Morgan fingerprint density at radius 1 is 1.10 bits per heavy atom. The number of hydrogen-bond acceptors (Lipinski definition) is 7. The lowest BCUT2D eigenvalue weighted by Crippen LogP contribution is -2.02. The molecule has 7 nitrogen and oxygen atoms in total. The molecule has 29 heavy (non-hydrogen) atoms. The fourth-order valence-corrected chi connectivity index (χ4v) is 5.05. The highest BCUT2D eigenvalue weighted by atomic mass is 32.2. The topological polar surface area (TPSA) is 82.1 Å². The monoisotopic (exact) mass is 439 g/mol. The van der Waals surface area contributed by atoms with Crippen LogP contribution in [0.2, 0.25) is 0 Å². The molecule has 0 saturated carbocycles. The first-order valence-corrected chi connectivity index (χ1v) is 11.7. The van der Waals surface area contributed by atoms with Gasteiger partial charge in [0.1, 0.15) is 11.2 Å². The van der Waals surface area contributed by atoms with E-state index in [2.05, 4.69) is 15.1 Å². The predicted molar refractivity (Wildman–Crippen MR) is 115 cm³/mol. The number of hydrogen-bond donors (Lipinski definition) is 0. The van der Waals surface area contributed by atoms with E-state index in [1.165, 1.54) is 23.9 Å². The lowest BCUT2D eigenvalue weighted by Gasteiger charge is -2.06. The van der Waals surface area contributed by atoms with Crippen molar-refractivity contribution >= 4 is 49.3 Å². The summed E-state index contributed by atoms with van der Waals surface area (Å²) in [4.78, 5) is 9.87. The average molecular weight is 440 g/mol. The molecular formula is C19H13N5O2S3. The average Bonchev–Trinajstić information content (AvgIpc) is 3.29. The van der Waals surface area contributed by atoms with E-state index in [1.807, 2.05) is 35.8 Å². The Hall–Kier alpha value is -2.95. The van der Waals surface area contributed by atoms with Crippen LogP contribution in [0.4, 0.5) is 0 Å². The van der Waals surface area contributed by atoms with Gasteiger partial charge in [-0.25, -0.2) is 18.4 Å². The van der Waals surface area contributed by atoms with Crippen LogP contribution in [0.15, 0.2) is 65.3 Å². The second-order valence-corrected chi connectivity index (χ2v) is 9.69. The first kappa shape index (κ1) is 18.1. The Bertz CT molecular complexity index is 1560. The van der Waals surface area contributed by atoms with Crippen LogP contribution in [0.3, 0.4) is 0 Å². The zero-order chi connectivity index (χ0) is 20.2. The first-order chi connectivity index (χ1) is 13.9. The minimum Gasteiger partial charge on any atom is -0.275 e. The van der Waals surface area contributed by atoms with Gasteiger partial charge >= 0.3 is 0 Å². The van der Waals surface area contributed by atoms with E-state index in [0.29, 0.717) is 16.2 Å². The molecule has 0 atom stereocenters. The van der Waals surface area contributed by atoms with Gasteiger partial charge in [-0.3, -0.25) is 4.40 Å². The fraction of sp³-hybridized carbons (Fsp3) is 0.0526. The van der Waals surface area contributed by atoms with Crippen molar-refractivity contribution in [3.05, 3.63) is 65.1 Å². The number of nitrogens with zero attached hydrogens (tertiary/aromatic N) is 5. The summed E-state index contributed by atoms with van der Waals surface area (Å²) in [6.07, 6.45) is 4.53. The van der Waals surface area contributed by atoms with Crippen LogP contribution in [-0.4, -0.2) is 38.8 Å². The number of sulfone groups is 1. The molecule has 4 heterocycles. The van der Waals surface area contributed by atoms with Crippen molar-refractivity contribution < 1.29 is 8.42 Å². The molecule has 0 saturated heterocycles. The van der Waals surface area contributed by atoms with Crippen molar-refractivity contribution in [2.75, 3.05) is 6.26 Å². The van der Waals surface area contributed by atoms with Gasteiger partial charge in [-0.15, -0.1) is 16.4 Å². The van der Waals surface area contributed by atoms with Gasteiger partial charge < -0.3 is 0 Å². The Labute approximate surface area is 174 Å². The van der Waals surface area contributed by atoms with Gasteiger partial charge in [-0.2, -0.15) is 4.68 Å². The van der Waals surface area contributed by atoms with Crippen molar-refractivity contribution in [2.45, 2.75) is 4.90 Å². The molecule has 5 rings (SSSR count). The van der Waals surface area contributed by atoms with Crippen molar-refractivity contribution in [1.82, 2.24) is 24.1 Å². The molecule has 0 aliphatic heterocycles. The highest BCUT2D eigenvalue weighted by Gasteiger charge is 2.18. The molecule has 0 bridgehead atoms. The third-order valence-electron chi connectivity index (χ3n) is 4.55. The SMILES string of the molecule is CS(=O)(=O)c1cccc(-c2csc3ncnc(-n4nc5ccccn5c4=S)c23)c1. The van der Waals surface area contributed by atoms with Crippen molar-refractivity contribution in [2.24, 2.45) is 0 Å². The van der Waals surface area contributed by atoms with Gasteiger partial charge in [-0.1, -0.05) is 18.2 Å². The highest BCUT2D eigenvalue weighted by Crippen LogP contribution is 2.36. The third-order valence-corrected chi connectivity index (χ3v) is 6.92. The van der Waals surface area contributed by atoms with Gasteiger partial charge in [0.2, 0.25) is 4.77 Å². The number of fused-ring (bicyclic) bond motifs is 2. The normalized spacial score (nSPS) is 12.0. The van der Waals surface area contributed by atoms with E-state index in [9.17, 15) is 8.42 Å². The van der Waals surface area contributed by atoms with Gasteiger partial charge in [0.15, 0.2) is 21.3 Å². The molecule has 0 aliphatic rings. The first-order valence-electron chi connectivity index (χ1n) is 8.53. The maximum atomic E-state index is 12.0. The number of thiophene rings is 1. The molecule has 0 unspecified atom stereocenters. The predicted octanol–water partition coefficient (Wildman–Crippen LogP) is 3.93. The second-order valence-electron chi connectivity index (χ2n) is 6.45. The number of benzene rings is 1. The highest BCUT2D eigenvalue weighted by molar-refractivity contribution is 7.90. The maximum absolute atomic E-state index is 12.0. The molecule has 5 aromatic rings. The minimum atomic E-state index is -3.32. The fourth-order valence-electron chi connectivity index (χ4n) is 3.19. The minimum absolute atomic E-state index is 0.261. The summed E-state index contributed by atoms with van der Waals surface area (Å²) in [6.45, 7) is 0. The molecule has 1 aromatic carbocycles. The molecule has 0 aliphatic carbocycles. The van der Waals surface area contributed by atoms with E-state index in [4.69, 9.17) is 12.2 Å². The standard InChI is InChI=1S/C19H13N5O2S3/c1-29(25,26)13-6-4-5-12(9-13)14-10-28-18-16(14)17(20-11-21-18)24-19(27)23-8-3-2-7-15(23)22-24/h2-11H,1H3. The third kappa shape index (κ3) is 2.96. The summed E-state index contributed by atoms with van der Waals surface area (Å²) in [5.41, 5.74) is 2.32. The summed E-state index contributed by atoms with van der Waals surface area (Å²) < 4.78 is 27.9. The van der Waals surface area contributed by atoms with Crippen LogP contribution in [-0.2, 0) is 9.84 Å². The quantitative estimate of drug-likeness (QED) is 0.396. The zero-order valence-corrected chi connectivity index (χ0v) is 17.5. The summed E-state index contributed by atoms with van der Waals surface area (Å²) >= 11 is 7.06. The molecular weight excluding hydrogens is 426 g/mol. The number of rotatable bonds is 3. The summed E-state index contributed by atoms with van der Waals surface area (Å²) in [5, 5.41) is 7.33. The maximum Gasteiger partial charge on any atom is 0.208 e. The van der Waals surface area contributed by atoms with Crippen LogP contribution >= 0.6 is 23.6 Å². The van der Waals surface area contributed by atoms with Crippen LogP contribution in [0.5, 0.6) is 0 Å². The van der Waals surface area contributed by atoms with Gasteiger partial charge in [0.05, 0.1) is 10.3 Å². The Morgan fingerprint density at radius 3 is 2.76 bits per heavy atom. The van der Waals surface area contributed by atoms with Crippen molar-refractivity contribution in [3.63, 3.8) is 0 Å². The van der Waals surface area contributed by atoms with Crippen molar-refractivity contribution in [3.8, 4) is 16.9 Å². The summed E-state index contributed by atoms with van der Waals surface area (Å²) in [5.74, 6) is 0.560. The second kappa shape index (κ2) is 6.55. The molecule has 0 N–H and O–H groups in total. The van der Waals surface area contributed by atoms with Crippen LogP contribution in [0.1, 0.15) is 0 Å². The molecule has 10 heteroatoms. The van der Waals surface area contributed by atoms with E-state index in [-0.39, 0.29) is 4.90 Å². The lowest BCUT2D eigenvalue weighted by molar-refractivity contribution is 0.602. The smallest absolute Gasteiger partial charge is 0.208 e. The summed E-state index contributed by atoms with van der Waals surface area (Å²) in [6, 6.07) is 12.5. The number of pyridine rings is 1. The Balaban J connectivity index is 1.81. The molecule has 0 radical (unpaired) electrons. The van der Waals surface area contributed by atoms with E-state index in [0.717, 1.165) is 21.3 Å². The molecule has 0 fully saturated rings. The molecule has 4 aromatic heterocycles. The van der Waals surface area contributed by atoms with Gasteiger partial charge in [0.25, 0.3) is 0 Å². The zero-order valence-electron chi connectivity index (χ0n) is 15.1. The van der Waals surface area contributed by atoms with Gasteiger partial charge in [-0.05, 0) is 42.0 Å². The summed E-state index contributed by atoms with van der Waals surface area (Å²) in [7, 11) is -3.32. The van der Waals surface area contributed by atoms with E-state index >= 15 is 0 Å². The largest absolute Gasteiger partial charge is 0.275 e. The Morgan fingerprint density at radius 2 is 1.97 bits per heavy atom. The van der Waals surface area contributed by atoms with Crippen LogP contribution < -0.4 is 0 Å². The lowest BCUT2D eigenvalue weighted by atomic mass is 10.1. The van der Waals surface area contributed by atoms with Gasteiger partial charge in [0, 0.05) is 23.4 Å². The Kier molecular flexibility index (Phi) is 4.09.